The standard InChI is InChI=1S/C9H11F/c1-8-6-4-2-3-5-7-9(8)10/h2,4,6-7H,3,5H2,1H3/b4-2-,8-6-,9-7-. The molecule has 0 saturated carbocycles. The minimum atomic E-state index is -0.0793. The van der Waals surface area contributed by atoms with Crippen LogP contribution in [0.4, 0.5) is 4.39 Å². The summed E-state index contributed by atoms with van der Waals surface area (Å²) in [6.45, 7) is 1.78. The van der Waals surface area contributed by atoms with Gasteiger partial charge < -0.3 is 0 Å². The van der Waals surface area contributed by atoms with Gasteiger partial charge in [-0.1, -0.05) is 18.2 Å². The topological polar surface area (TPSA) is 0 Å². The first-order valence-corrected chi connectivity index (χ1v) is 3.50. The molecule has 0 N–H and O–H groups in total. The summed E-state index contributed by atoms with van der Waals surface area (Å²) < 4.78 is 12.8. The van der Waals surface area contributed by atoms with Gasteiger partial charge in [0.25, 0.3) is 0 Å². The quantitative estimate of drug-likeness (QED) is 0.482. The molecule has 0 saturated heterocycles. The fourth-order valence-corrected chi connectivity index (χ4v) is 0.855. The highest BCUT2D eigenvalue weighted by Crippen LogP contribution is 2.14. The Bertz CT molecular complexity index is 197. The molecule has 0 amide bonds. The molecule has 1 aliphatic carbocycles. The van der Waals surface area contributed by atoms with Gasteiger partial charge in [-0.05, 0) is 31.4 Å². The van der Waals surface area contributed by atoms with Crippen molar-refractivity contribution in [1.82, 2.24) is 0 Å². The van der Waals surface area contributed by atoms with E-state index in [1.165, 1.54) is 0 Å². The molecule has 54 valence electrons. The molecule has 0 aromatic rings. The van der Waals surface area contributed by atoms with Crippen molar-refractivity contribution in [3.63, 3.8) is 0 Å². The molecule has 1 heteroatoms. The Morgan fingerprint density at radius 2 is 2.20 bits per heavy atom. The zero-order valence-electron chi connectivity index (χ0n) is 6.10. The summed E-state index contributed by atoms with van der Waals surface area (Å²) in [5.74, 6) is -0.0793. The Morgan fingerprint density at radius 1 is 1.40 bits per heavy atom. The molecule has 1 rings (SSSR count). The lowest BCUT2D eigenvalue weighted by Crippen LogP contribution is -1.79. The fraction of sp³-hybridized carbons (Fsp3) is 0.333. The smallest absolute Gasteiger partial charge is 0.122 e. The van der Waals surface area contributed by atoms with Crippen LogP contribution in [0.25, 0.3) is 0 Å². The second-order valence-corrected chi connectivity index (χ2v) is 2.41. The normalized spacial score (nSPS) is 32.6. The van der Waals surface area contributed by atoms with Crippen LogP contribution >= 0.6 is 0 Å². The summed E-state index contributed by atoms with van der Waals surface area (Å²) in [7, 11) is 0. The molecule has 0 unspecified atom stereocenters. The lowest BCUT2D eigenvalue weighted by atomic mass is 10.1. The number of allylic oxidation sites excluding steroid dienone is 6. The van der Waals surface area contributed by atoms with Crippen LogP contribution in [0, 0.1) is 0 Å². The number of halogens is 1. The third kappa shape index (κ3) is 1.83. The van der Waals surface area contributed by atoms with Gasteiger partial charge in [-0.2, -0.15) is 0 Å². The molecule has 0 spiro atoms. The maximum atomic E-state index is 12.8. The lowest BCUT2D eigenvalue weighted by Gasteiger charge is -1.97. The molecule has 0 aromatic heterocycles. The van der Waals surface area contributed by atoms with Crippen molar-refractivity contribution in [2.24, 2.45) is 0 Å². The van der Waals surface area contributed by atoms with Crippen molar-refractivity contribution in [2.75, 3.05) is 0 Å². The summed E-state index contributed by atoms with van der Waals surface area (Å²) >= 11 is 0. The van der Waals surface area contributed by atoms with Crippen molar-refractivity contribution in [3.8, 4) is 0 Å². The first-order chi connectivity index (χ1) is 4.80. The van der Waals surface area contributed by atoms with Gasteiger partial charge in [0.1, 0.15) is 5.83 Å². The molecule has 0 nitrogen and oxygen atoms in total. The highest BCUT2D eigenvalue weighted by atomic mass is 19.1. The maximum Gasteiger partial charge on any atom is 0.122 e. The summed E-state index contributed by atoms with van der Waals surface area (Å²) in [5.41, 5.74) is 0.718. The Balaban J connectivity index is 2.81. The molecule has 0 bridgehead atoms. The molecule has 10 heavy (non-hydrogen) atoms. The number of hydrogen-bond donors (Lipinski definition) is 0. The predicted molar refractivity (Wildman–Crippen MR) is 41.3 cm³/mol. The van der Waals surface area contributed by atoms with E-state index in [1.807, 2.05) is 12.2 Å². The maximum absolute atomic E-state index is 12.8. The first-order valence-electron chi connectivity index (χ1n) is 3.50. The van der Waals surface area contributed by atoms with E-state index in [0.29, 0.717) is 0 Å². The highest BCUT2D eigenvalue weighted by molar-refractivity contribution is 5.28. The van der Waals surface area contributed by atoms with E-state index in [-0.39, 0.29) is 5.83 Å². The minimum absolute atomic E-state index is 0.0793. The molecule has 0 fully saturated rings. The van der Waals surface area contributed by atoms with E-state index >= 15 is 0 Å². The van der Waals surface area contributed by atoms with Crippen LogP contribution in [0.3, 0.4) is 0 Å². The second kappa shape index (κ2) is 3.35. The number of rotatable bonds is 0. The van der Waals surface area contributed by atoms with Crippen LogP contribution in [-0.4, -0.2) is 0 Å². The van der Waals surface area contributed by atoms with Crippen LogP contribution in [0.2, 0.25) is 0 Å². The van der Waals surface area contributed by atoms with Gasteiger partial charge in [0.05, 0.1) is 0 Å². The van der Waals surface area contributed by atoms with Crippen LogP contribution < -0.4 is 0 Å². The first kappa shape index (κ1) is 7.26. The molecule has 0 aromatic carbocycles. The SMILES string of the molecule is CC1=C/C=C\CC\C=C\1F. The van der Waals surface area contributed by atoms with Gasteiger partial charge in [0, 0.05) is 0 Å². The average Bonchev–Trinajstić information content (AvgIpc) is 1.92. The van der Waals surface area contributed by atoms with Gasteiger partial charge in [0.2, 0.25) is 0 Å². The van der Waals surface area contributed by atoms with Crippen LogP contribution in [0.15, 0.2) is 35.7 Å². The zero-order chi connectivity index (χ0) is 7.40. The summed E-state index contributed by atoms with van der Waals surface area (Å²) in [6, 6.07) is 0. The van der Waals surface area contributed by atoms with Gasteiger partial charge in [-0.25, -0.2) is 4.39 Å². The monoisotopic (exact) mass is 138 g/mol. The Hall–Kier alpha value is -0.850. The minimum Gasteiger partial charge on any atom is -0.207 e. The molecule has 0 radical (unpaired) electrons. The molecule has 0 aliphatic heterocycles. The van der Waals surface area contributed by atoms with Crippen molar-refractivity contribution < 1.29 is 4.39 Å². The third-order valence-corrected chi connectivity index (χ3v) is 1.52. The Labute approximate surface area is 60.7 Å². The predicted octanol–water partition coefficient (Wildman–Crippen LogP) is 3.14. The Morgan fingerprint density at radius 3 is 3.00 bits per heavy atom. The van der Waals surface area contributed by atoms with Gasteiger partial charge in [-0.15, -0.1) is 0 Å². The molecule has 1 aliphatic rings. The largest absolute Gasteiger partial charge is 0.207 e. The molecular weight excluding hydrogens is 127 g/mol. The zero-order valence-corrected chi connectivity index (χ0v) is 6.10. The van der Waals surface area contributed by atoms with Crippen LogP contribution in [-0.2, 0) is 0 Å². The molecule has 0 atom stereocenters. The van der Waals surface area contributed by atoms with Gasteiger partial charge in [-0.3, -0.25) is 0 Å². The van der Waals surface area contributed by atoms with E-state index in [0.717, 1.165) is 18.4 Å². The van der Waals surface area contributed by atoms with Crippen LogP contribution in [0.1, 0.15) is 19.8 Å². The van der Waals surface area contributed by atoms with E-state index in [9.17, 15) is 4.39 Å². The summed E-state index contributed by atoms with van der Waals surface area (Å²) in [6.07, 6.45) is 9.14. The molecule has 0 heterocycles. The lowest BCUT2D eigenvalue weighted by molar-refractivity contribution is 0.643. The van der Waals surface area contributed by atoms with E-state index in [4.69, 9.17) is 0 Å². The highest BCUT2D eigenvalue weighted by Gasteiger charge is 1.96. The molecular formula is C9H11F. The fourth-order valence-electron chi connectivity index (χ4n) is 0.855. The number of hydrogen-bond acceptors (Lipinski definition) is 0. The average molecular weight is 138 g/mol. The Kier molecular flexibility index (Phi) is 2.43. The van der Waals surface area contributed by atoms with Crippen molar-refractivity contribution in [3.05, 3.63) is 35.7 Å². The van der Waals surface area contributed by atoms with Crippen molar-refractivity contribution >= 4 is 0 Å². The van der Waals surface area contributed by atoms with E-state index in [2.05, 4.69) is 0 Å². The van der Waals surface area contributed by atoms with Crippen LogP contribution in [0.5, 0.6) is 0 Å². The van der Waals surface area contributed by atoms with Gasteiger partial charge >= 0.3 is 0 Å². The van der Waals surface area contributed by atoms with Crippen molar-refractivity contribution in [1.29, 1.82) is 0 Å². The van der Waals surface area contributed by atoms with Gasteiger partial charge in [0.15, 0.2) is 0 Å². The van der Waals surface area contributed by atoms with E-state index < -0.39 is 0 Å². The summed E-state index contributed by atoms with van der Waals surface area (Å²) in [5, 5.41) is 0. The summed E-state index contributed by atoms with van der Waals surface area (Å²) in [4.78, 5) is 0. The van der Waals surface area contributed by atoms with E-state index in [1.54, 1.807) is 19.1 Å². The van der Waals surface area contributed by atoms with Crippen molar-refractivity contribution in [2.45, 2.75) is 19.8 Å². The third-order valence-electron chi connectivity index (χ3n) is 1.52. The second-order valence-electron chi connectivity index (χ2n) is 2.41.